The van der Waals surface area contributed by atoms with Crippen molar-refractivity contribution in [2.24, 2.45) is 11.8 Å². The molecule has 3 aliphatic rings. The first kappa shape index (κ1) is 29.0. The van der Waals surface area contributed by atoms with Gasteiger partial charge in [-0.3, -0.25) is 14.4 Å². The zero-order valence-corrected chi connectivity index (χ0v) is 23.6. The third kappa shape index (κ3) is 5.16. The topological polar surface area (TPSA) is 90.4 Å². The van der Waals surface area contributed by atoms with Crippen LogP contribution in [0.1, 0.15) is 49.7 Å². The highest BCUT2D eigenvalue weighted by Gasteiger charge is 2.74. The van der Waals surface area contributed by atoms with Gasteiger partial charge in [0.1, 0.15) is 11.6 Å². The molecular weight excluding hydrogens is 494 g/mol. The van der Waals surface area contributed by atoms with E-state index >= 15 is 0 Å². The van der Waals surface area contributed by atoms with Crippen LogP contribution < -0.4 is 4.90 Å². The molecule has 4 rings (SSSR count). The number of hydrogen-bond donors (Lipinski definition) is 1. The normalized spacial score (nSPS) is 27.0. The third-order valence-electron chi connectivity index (χ3n) is 8.64. The van der Waals surface area contributed by atoms with Gasteiger partial charge in [-0.05, 0) is 56.7 Å². The molecule has 0 saturated carbocycles. The fourth-order valence-corrected chi connectivity index (χ4v) is 6.83. The molecule has 3 heterocycles. The number of rotatable bonds is 13. The number of benzene rings is 1. The monoisotopic (exact) mass is 537 g/mol. The SMILES string of the molecule is C=CCN(C)C(=O)[C@@H]1[C@@H]2CCC3(O2)C(C(=O)N(CC=C)c2cc(C)ccc2C)N(CCCCCCO)C(=O)[C@H]13. The van der Waals surface area contributed by atoms with Gasteiger partial charge in [0.05, 0.1) is 17.9 Å². The van der Waals surface area contributed by atoms with E-state index in [1.54, 1.807) is 33.9 Å². The molecule has 3 aliphatic heterocycles. The Morgan fingerprint density at radius 3 is 2.54 bits per heavy atom. The lowest BCUT2D eigenvalue weighted by Crippen LogP contribution is -2.56. The number of hydrogen-bond acceptors (Lipinski definition) is 5. The van der Waals surface area contributed by atoms with Gasteiger partial charge >= 0.3 is 0 Å². The maximum Gasteiger partial charge on any atom is 0.253 e. The summed E-state index contributed by atoms with van der Waals surface area (Å²) >= 11 is 0. The number of unbranched alkanes of at least 4 members (excludes halogenated alkanes) is 3. The minimum atomic E-state index is -1.03. The van der Waals surface area contributed by atoms with Gasteiger partial charge in [0.15, 0.2) is 0 Å². The molecule has 0 aliphatic carbocycles. The van der Waals surface area contributed by atoms with Gasteiger partial charge in [-0.25, -0.2) is 0 Å². The number of fused-ring (bicyclic) bond motifs is 1. The van der Waals surface area contributed by atoms with Crippen LogP contribution in [-0.4, -0.2) is 83.7 Å². The van der Waals surface area contributed by atoms with E-state index in [2.05, 4.69) is 13.2 Å². The van der Waals surface area contributed by atoms with Crippen molar-refractivity contribution in [1.82, 2.24) is 9.80 Å². The van der Waals surface area contributed by atoms with Crippen molar-refractivity contribution in [2.75, 3.05) is 38.2 Å². The first-order valence-corrected chi connectivity index (χ1v) is 14.2. The Morgan fingerprint density at radius 1 is 1.13 bits per heavy atom. The zero-order chi connectivity index (χ0) is 28.3. The summed E-state index contributed by atoms with van der Waals surface area (Å²) < 4.78 is 6.60. The largest absolute Gasteiger partial charge is 0.396 e. The number of carbonyl (C=O) groups excluding carboxylic acids is 3. The van der Waals surface area contributed by atoms with E-state index in [1.807, 2.05) is 32.0 Å². The van der Waals surface area contributed by atoms with E-state index < -0.39 is 23.5 Å². The highest BCUT2D eigenvalue weighted by Crippen LogP contribution is 2.59. The van der Waals surface area contributed by atoms with Crippen molar-refractivity contribution in [3.8, 4) is 0 Å². The average Bonchev–Trinajstić information content (AvgIpc) is 3.55. The van der Waals surface area contributed by atoms with Crippen LogP contribution in [0.2, 0.25) is 0 Å². The molecule has 1 aromatic rings. The highest BCUT2D eigenvalue weighted by atomic mass is 16.5. The second-order valence-electron chi connectivity index (χ2n) is 11.3. The fourth-order valence-electron chi connectivity index (χ4n) is 6.83. The van der Waals surface area contributed by atoms with Crippen LogP contribution in [0.15, 0.2) is 43.5 Å². The van der Waals surface area contributed by atoms with Crippen LogP contribution in [0.25, 0.3) is 0 Å². The van der Waals surface area contributed by atoms with Crippen LogP contribution in [0.4, 0.5) is 5.69 Å². The van der Waals surface area contributed by atoms with Gasteiger partial charge in [-0.15, -0.1) is 13.2 Å². The Hall–Kier alpha value is -2.97. The Morgan fingerprint density at radius 2 is 1.85 bits per heavy atom. The quantitative estimate of drug-likeness (QED) is 0.308. The predicted octanol–water partition coefficient (Wildman–Crippen LogP) is 3.39. The Balaban J connectivity index is 1.73. The fraction of sp³-hybridized carbons (Fsp3) is 0.581. The van der Waals surface area contributed by atoms with E-state index in [-0.39, 0.29) is 30.4 Å². The van der Waals surface area contributed by atoms with Crippen LogP contribution in [0, 0.1) is 25.7 Å². The Kier molecular flexibility index (Phi) is 8.96. The molecular formula is C31H43N3O5. The molecule has 5 atom stereocenters. The number of nitrogens with zero attached hydrogens (tertiary/aromatic N) is 3. The summed E-state index contributed by atoms with van der Waals surface area (Å²) in [6, 6.07) is 5.18. The standard InChI is InChI=1S/C31H43N3O5/c1-6-16-32(5)28(36)25-24-14-15-31(39-24)26(25)29(37)34(18-10-8-9-11-19-35)27(31)30(38)33(17-7-2)23-20-21(3)12-13-22(23)4/h6-7,12-13,20,24-27,35H,1-2,8-11,14-19H2,3-5H3/t24-,25+,26-,27?,31?/m0/s1. The van der Waals surface area contributed by atoms with Crippen LogP contribution in [-0.2, 0) is 19.1 Å². The van der Waals surface area contributed by atoms with Gasteiger partial charge < -0.3 is 24.5 Å². The third-order valence-corrected chi connectivity index (χ3v) is 8.64. The van der Waals surface area contributed by atoms with Gasteiger partial charge in [-0.1, -0.05) is 37.1 Å². The number of amides is 3. The maximum atomic E-state index is 14.6. The lowest BCUT2D eigenvalue weighted by Gasteiger charge is -2.37. The van der Waals surface area contributed by atoms with E-state index in [1.165, 1.54) is 0 Å². The summed E-state index contributed by atoms with van der Waals surface area (Å²) in [6.07, 6.45) is 7.30. The first-order chi connectivity index (χ1) is 18.7. The summed E-state index contributed by atoms with van der Waals surface area (Å²) in [5, 5.41) is 9.16. The van der Waals surface area contributed by atoms with Gasteiger partial charge in [-0.2, -0.15) is 0 Å². The molecule has 3 saturated heterocycles. The minimum absolute atomic E-state index is 0.131. The number of aryl methyl sites for hydroxylation is 2. The van der Waals surface area contributed by atoms with Gasteiger partial charge in [0.2, 0.25) is 11.8 Å². The molecule has 2 bridgehead atoms. The molecule has 1 spiro atoms. The number of anilines is 1. The molecule has 0 radical (unpaired) electrons. The van der Waals surface area contributed by atoms with E-state index in [4.69, 9.17) is 9.84 Å². The number of carbonyl (C=O) groups is 3. The maximum absolute atomic E-state index is 14.6. The molecule has 39 heavy (non-hydrogen) atoms. The average molecular weight is 538 g/mol. The number of aliphatic hydroxyl groups is 1. The van der Waals surface area contributed by atoms with Crippen LogP contribution >= 0.6 is 0 Å². The first-order valence-electron chi connectivity index (χ1n) is 14.2. The number of likely N-dealkylation sites (N-methyl/N-ethyl adjacent to an activating group) is 1. The smallest absolute Gasteiger partial charge is 0.253 e. The van der Waals surface area contributed by atoms with Crippen molar-refractivity contribution in [3.05, 3.63) is 54.6 Å². The minimum Gasteiger partial charge on any atom is -0.396 e. The molecule has 212 valence electrons. The van der Waals surface area contributed by atoms with Crippen molar-refractivity contribution >= 4 is 23.4 Å². The molecule has 8 nitrogen and oxygen atoms in total. The molecule has 3 amide bonds. The number of likely N-dealkylation sites (tertiary alicyclic amines) is 1. The van der Waals surface area contributed by atoms with E-state index in [0.717, 1.165) is 29.7 Å². The summed E-state index contributed by atoms with van der Waals surface area (Å²) in [6.45, 7) is 12.8. The number of ether oxygens (including phenoxy) is 1. The number of aliphatic hydroxyl groups excluding tert-OH is 1. The van der Waals surface area contributed by atoms with Crippen molar-refractivity contribution in [1.29, 1.82) is 0 Å². The predicted molar refractivity (Wildman–Crippen MR) is 151 cm³/mol. The zero-order valence-electron chi connectivity index (χ0n) is 23.6. The summed E-state index contributed by atoms with van der Waals surface area (Å²) in [7, 11) is 1.72. The van der Waals surface area contributed by atoms with Gasteiger partial charge in [0.25, 0.3) is 5.91 Å². The van der Waals surface area contributed by atoms with Gasteiger partial charge in [0, 0.05) is 39.0 Å². The molecule has 3 fully saturated rings. The van der Waals surface area contributed by atoms with Crippen molar-refractivity contribution in [3.63, 3.8) is 0 Å². The Labute approximate surface area is 232 Å². The molecule has 1 N–H and O–H groups in total. The lowest BCUT2D eigenvalue weighted by molar-refractivity contribution is -0.144. The summed E-state index contributed by atoms with van der Waals surface area (Å²) in [5.41, 5.74) is 1.75. The van der Waals surface area contributed by atoms with Crippen LogP contribution in [0.5, 0.6) is 0 Å². The molecule has 2 unspecified atom stereocenters. The van der Waals surface area contributed by atoms with Crippen LogP contribution in [0.3, 0.4) is 0 Å². The molecule has 1 aromatic carbocycles. The lowest BCUT2D eigenvalue weighted by atomic mass is 9.70. The summed E-state index contributed by atoms with van der Waals surface area (Å²) in [5.74, 6) is -1.79. The Bertz CT molecular complexity index is 1120. The van der Waals surface area contributed by atoms with E-state index in [9.17, 15) is 14.4 Å². The van der Waals surface area contributed by atoms with Crippen molar-refractivity contribution < 1.29 is 24.2 Å². The van der Waals surface area contributed by atoms with E-state index in [0.29, 0.717) is 45.3 Å². The van der Waals surface area contributed by atoms with Crippen molar-refractivity contribution in [2.45, 2.75) is 70.1 Å². The second-order valence-corrected chi connectivity index (χ2v) is 11.3. The highest BCUT2D eigenvalue weighted by molar-refractivity contribution is 6.05. The molecule has 0 aromatic heterocycles. The second kappa shape index (κ2) is 12.0. The molecule has 8 heteroatoms. The summed E-state index contributed by atoms with van der Waals surface area (Å²) in [4.78, 5) is 47.3.